The molecular formula is C47H30N5OPS. The van der Waals surface area contributed by atoms with E-state index in [4.69, 9.17) is 15.0 Å². The molecule has 6 nitrogen and oxygen atoms in total. The van der Waals surface area contributed by atoms with Crippen molar-refractivity contribution in [3.63, 3.8) is 0 Å². The first-order valence-electron chi connectivity index (χ1n) is 17.9. The zero-order chi connectivity index (χ0) is 36.8. The Morgan fingerprint density at radius 2 is 0.964 bits per heavy atom. The van der Waals surface area contributed by atoms with Gasteiger partial charge in [-0.3, -0.25) is 0 Å². The minimum Gasteiger partial charge on any atom is -0.309 e. The lowest BCUT2D eigenvalue weighted by Gasteiger charge is -2.20. The molecule has 55 heavy (non-hydrogen) atoms. The van der Waals surface area contributed by atoms with Gasteiger partial charge in [0.25, 0.3) is 0 Å². The monoisotopic (exact) mass is 743 g/mol. The number of pyridine rings is 1. The van der Waals surface area contributed by atoms with E-state index in [1.54, 1.807) is 0 Å². The molecule has 0 bridgehead atoms. The first-order chi connectivity index (χ1) is 27.1. The third-order valence-electron chi connectivity index (χ3n) is 10.1. The smallest absolute Gasteiger partial charge is 0.171 e. The first kappa shape index (κ1) is 32.9. The Balaban J connectivity index is 1.07. The van der Waals surface area contributed by atoms with Crippen molar-refractivity contribution < 1.29 is 4.57 Å². The van der Waals surface area contributed by atoms with Crippen LogP contribution in [0.2, 0.25) is 0 Å². The number of hydrogen-bond donors (Lipinski definition) is 0. The van der Waals surface area contributed by atoms with Crippen molar-refractivity contribution in [2.24, 2.45) is 0 Å². The van der Waals surface area contributed by atoms with E-state index in [1.165, 1.54) is 11.7 Å². The lowest BCUT2D eigenvalue weighted by Crippen LogP contribution is -2.24. The van der Waals surface area contributed by atoms with Crippen molar-refractivity contribution in [1.29, 1.82) is 0 Å². The van der Waals surface area contributed by atoms with E-state index in [2.05, 4.69) is 45.1 Å². The molecule has 0 aliphatic rings. The molecule has 0 radical (unpaired) electrons. The molecule has 0 aliphatic carbocycles. The molecule has 0 N–H and O–H groups in total. The van der Waals surface area contributed by atoms with Crippen molar-refractivity contribution in [2.75, 3.05) is 0 Å². The molecule has 0 saturated carbocycles. The van der Waals surface area contributed by atoms with Gasteiger partial charge < -0.3 is 4.57 Å². The van der Waals surface area contributed by atoms with Crippen LogP contribution >= 0.6 is 18.9 Å². The summed E-state index contributed by atoms with van der Waals surface area (Å²) in [5.74, 6) is 0.628. The van der Waals surface area contributed by atoms with Gasteiger partial charge in [0.05, 0.1) is 34.3 Å². The number of hydrogen-bond acceptors (Lipinski definition) is 7. The fourth-order valence-electron chi connectivity index (χ4n) is 7.33. The van der Waals surface area contributed by atoms with Gasteiger partial charge in [-0.2, -0.15) is 8.75 Å². The second-order valence-corrected chi connectivity index (χ2v) is 16.6. The van der Waals surface area contributed by atoms with Crippen molar-refractivity contribution in [3.05, 3.63) is 182 Å². The summed E-state index contributed by atoms with van der Waals surface area (Å²) in [6.07, 6.45) is 0. The Kier molecular flexibility index (Phi) is 8.17. The van der Waals surface area contributed by atoms with Crippen LogP contribution in [0.25, 0.3) is 77.9 Å². The van der Waals surface area contributed by atoms with Gasteiger partial charge in [0.1, 0.15) is 11.0 Å². The van der Waals surface area contributed by atoms with E-state index in [-0.39, 0.29) is 0 Å². The third kappa shape index (κ3) is 5.82. The van der Waals surface area contributed by atoms with Gasteiger partial charge in [-0.1, -0.05) is 158 Å². The molecule has 0 atom stereocenters. The van der Waals surface area contributed by atoms with Crippen LogP contribution in [-0.2, 0) is 4.57 Å². The van der Waals surface area contributed by atoms with Gasteiger partial charge in [0.15, 0.2) is 13.0 Å². The highest BCUT2D eigenvalue weighted by molar-refractivity contribution is 7.85. The molecule has 10 aromatic rings. The number of para-hydroxylation sites is 1. The summed E-state index contributed by atoms with van der Waals surface area (Å²) >= 11 is 1.23. The van der Waals surface area contributed by atoms with Crippen LogP contribution in [-0.4, -0.2) is 23.7 Å². The summed E-state index contributed by atoms with van der Waals surface area (Å²) in [6.45, 7) is 0. The van der Waals surface area contributed by atoms with Gasteiger partial charge in [-0.05, 0) is 24.3 Å². The molecule has 0 unspecified atom stereocenters. The van der Waals surface area contributed by atoms with Crippen molar-refractivity contribution in [3.8, 4) is 45.2 Å². The molecule has 0 spiro atoms. The Morgan fingerprint density at radius 3 is 1.62 bits per heavy atom. The van der Waals surface area contributed by atoms with E-state index < -0.39 is 7.14 Å². The van der Waals surface area contributed by atoms with Gasteiger partial charge in [-0.15, -0.1) is 0 Å². The third-order valence-corrected chi connectivity index (χ3v) is 13.7. The molecule has 0 saturated heterocycles. The predicted molar refractivity (Wildman–Crippen MR) is 227 cm³/mol. The standard InChI is InChI=1S/C47H30N5OPS/c53-54(35-14-6-2-7-15-35,36-16-8-3-9-17-36)37-26-24-32(25-27-37)43-30-42(49-47(50-43)34-12-4-1-5-13-34)31-20-22-33(23-21-31)45-39-28-29-41-46(52-55-51-41)44(39)38-18-10-11-19-40(38)48-45/h1-30H. The minimum absolute atomic E-state index is 0.628. The number of fused-ring (bicyclic) bond motifs is 5. The zero-order valence-corrected chi connectivity index (χ0v) is 31.0. The van der Waals surface area contributed by atoms with Crippen molar-refractivity contribution >= 4 is 67.5 Å². The number of nitrogens with zero attached hydrogens (tertiary/aromatic N) is 5. The largest absolute Gasteiger partial charge is 0.309 e. The topological polar surface area (TPSA) is 81.5 Å². The highest BCUT2D eigenvalue weighted by atomic mass is 32.1. The molecule has 10 rings (SSSR count). The summed E-state index contributed by atoms with van der Waals surface area (Å²) in [5, 5.41) is 5.54. The Hall–Kier alpha value is -6.66. The molecule has 0 aliphatic heterocycles. The Morgan fingerprint density at radius 1 is 0.418 bits per heavy atom. The average Bonchev–Trinajstić information content (AvgIpc) is 3.76. The lowest BCUT2D eigenvalue weighted by molar-refractivity contribution is 0.592. The van der Waals surface area contributed by atoms with Crippen LogP contribution < -0.4 is 15.9 Å². The molecule has 0 fully saturated rings. The summed E-state index contributed by atoms with van der Waals surface area (Å²) in [6, 6.07) is 60.3. The van der Waals surface area contributed by atoms with Gasteiger partial charge in [0, 0.05) is 54.3 Å². The molecule has 3 heterocycles. The van der Waals surface area contributed by atoms with E-state index in [9.17, 15) is 0 Å². The SMILES string of the molecule is O=P(c1ccccc1)(c1ccccc1)c1ccc(-c2cc(-c3ccc(-c4nc5ccccc5c5c4ccc4nsnc45)cc3)nc(-c3ccccc3)n2)cc1. The average molecular weight is 744 g/mol. The maximum Gasteiger partial charge on any atom is 0.171 e. The fraction of sp³-hybridized carbons (Fsp3) is 0. The Bertz CT molecular complexity index is 3000. The highest BCUT2D eigenvalue weighted by Crippen LogP contribution is 2.43. The van der Waals surface area contributed by atoms with E-state index >= 15 is 4.57 Å². The van der Waals surface area contributed by atoms with E-state index in [0.29, 0.717) is 5.82 Å². The normalized spacial score (nSPS) is 11.7. The van der Waals surface area contributed by atoms with Gasteiger partial charge >= 0.3 is 0 Å². The van der Waals surface area contributed by atoms with E-state index in [1.807, 2.05) is 146 Å². The Labute approximate surface area is 321 Å². The van der Waals surface area contributed by atoms with Crippen LogP contribution in [0, 0.1) is 0 Å². The molecular weight excluding hydrogens is 714 g/mol. The lowest BCUT2D eigenvalue weighted by atomic mass is 9.98. The van der Waals surface area contributed by atoms with Crippen LogP contribution in [0.1, 0.15) is 0 Å². The second kappa shape index (κ2) is 13.6. The molecule has 0 amide bonds. The van der Waals surface area contributed by atoms with Crippen molar-refractivity contribution in [1.82, 2.24) is 23.7 Å². The number of aromatic nitrogens is 5. The second-order valence-electron chi connectivity index (χ2n) is 13.3. The van der Waals surface area contributed by atoms with Gasteiger partial charge in [0.2, 0.25) is 0 Å². The van der Waals surface area contributed by atoms with Crippen LogP contribution in [0.3, 0.4) is 0 Å². The van der Waals surface area contributed by atoms with Crippen LogP contribution in [0.15, 0.2) is 182 Å². The predicted octanol–water partition coefficient (Wildman–Crippen LogP) is 10.5. The maximum absolute atomic E-state index is 15.0. The summed E-state index contributed by atoms with van der Waals surface area (Å²) in [7, 11) is -3.12. The molecule has 260 valence electrons. The van der Waals surface area contributed by atoms with Crippen LogP contribution in [0.5, 0.6) is 0 Å². The number of benzene rings is 7. The quantitative estimate of drug-likeness (QED) is 0.119. The molecule has 7 aromatic carbocycles. The summed E-state index contributed by atoms with van der Waals surface area (Å²) in [5.41, 5.74) is 8.95. The summed E-state index contributed by atoms with van der Waals surface area (Å²) in [4.78, 5) is 15.3. The number of rotatable bonds is 7. The summed E-state index contributed by atoms with van der Waals surface area (Å²) < 4.78 is 24.2. The first-order valence-corrected chi connectivity index (χ1v) is 20.4. The minimum atomic E-state index is -3.12. The molecule has 8 heteroatoms. The highest BCUT2D eigenvalue weighted by Gasteiger charge is 2.29. The zero-order valence-electron chi connectivity index (χ0n) is 29.3. The van der Waals surface area contributed by atoms with E-state index in [0.717, 1.165) is 88.0 Å². The maximum atomic E-state index is 15.0. The van der Waals surface area contributed by atoms with Crippen molar-refractivity contribution in [2.45, 2.75) is 0 Å². The van der Waals surface area contributed by atoms with Gasteiger partial charge in [-0.25, -0.2) is 15.0 Å². The fourth-order valence-corrected chi connectivity index (χ4v) is 10.5. The van der Waals surface area contributed by atoms with Crippen LogP contribution in [0.4, 0.5) is 0 Å². The molecule has 3 aromatic heterocycles.